The fourth-order valence-corrected chi connectivity index (χ4v) is 1.10. The highest BCUT2D eigenvalue weighted by Crippen LogP contribution is 2.18. The van der Waals surface area contributed by atoms with Crippen LogP contribution in [-0.2, 0) is 0 Å². The molecule has 0 bridgehead atoms. The van der Waals surface area contributed by atoms with Crippen molar-refractivity contribution in [1.82, 2.24) is 0 Å². The van der Waals surface area contributed by atoms with Crippen molar-refractivity contribution in [2.75, 3.05) is 0 Å². The van der Waals surface area contributed by atoms with Crippen LogP contribution in [0.25, 0.3) is 6.08 Å². The molecule has 1 aromatic rings. The van der Waals surface area contributed by atoms with E-state index in [0.717, 1.165) is 11.1 Å². The van der Waals surface area contributed by atoms with Gasteiger partial charge in [0.2, 0.25) is 5.70 Å². The highest BCUT2D eigenvalue weighted by Gasteiger charge is 2.04. The van der Waals surface area contributed by atoms with Gasteiger partial charge in [-0.1, -0.05) is 6.07 Å². The maximum atomic E-state index is 10.4. The average Bonchev–Trinajstić information content (AvgIpc) is 2.09. The summed E-state index contributed by atoms with van der Waals surface area (Å²) in [5.41, 5.74) is 1.64. The molecule has 0 aromatic heterocycles. The minimum atomic E-state index is -0.438. The minimum Gasteiger partial charge on any atom is -0.508 e. The quantitative estimate of drug-likeness (QED) is 0.579. The van der Waals surface area contributed by atoms with Gasteiger partial charge in [-0.25, -0.2) is 0 Å². The van der Waals surface area contributed by atoms with Gasteiger partial charge in [0.05, 0.1) is 4.92 Å². The lowest BCUT2D eigenvalue weighted by Gasteiger charge is -2.00. The highest BCUT2D eigenvalue weighted by molar-refractivity contribution is 5.56. The monoisotopic (exact) mass is 193 g/mol. The second kappa shape index (κ2) is 3.91. The van der Waals surface area contributed by atoms with Crippen LogP contribution in [0.1, 0.15) is 18.1 Å². The Kier molecular flexibility index (Phi) is 2.86. The molecule has 0 unspecified atom stereocenters. The summed E-state index contributed by atoms with van der Waals surface area (Å²) in [6, 6.07) is 4.72. The molecule has 0 atom stereocenters. The van der Waals surface area contributed by atoms with E-state index in [0.29, 0.717) is 0 Å². The third kappa shape index (κ3) is 2.32. The van der Waals surface area contributed by atoms with E-state index in [1.807, 2.05) is 0 Å². The number of nitrogens with zero attached hydrogens (tertiary/aromatic N) is 1. The van der Waals surface area contributed by atoms with E-state index >= 15 is 0 Å². The largest absolute Gasteiger partial charge is 0.508 e. The number of nitro groups is 1. The Balaban J connectivity index is 3.09. The van der Waals surface area contributed by atoms with Crippen molar-refractivity contribution in [1.29, 1.82) is 0 Å². The molecule has 0 amide bonds. The zero-order chi connectivity index (χ0) is 10.7. The topological polar surface area (TPSA) is 63.4 Å². The molecule has 1 rings (SSSR count). The molecule has 4 heteroatoms. The number of phenols is 1. The van der Waals surface area contributed by atoms with Gasteiger partial charge in [0.25, 0.3) is 0 Å². The standard InChI is InChI=1S/C10H11NO3/c1-7-5-10(12)4-3-9(7)6-8(2)11(13)14/h3-6,12H,1-2H3/b8-6+. The van der Waals surface area contributed by atoms with Crippen molar-refractivity contribution in [3.63, 3.8) is 0 Å². The molecule has 4 nitrogen and oxygen atoms in total. The smallest absolute Gasteiger partial charge is 0.243 e. The molecule has 0 aliphatic carbocycles. The molecule has 0 radical (unpaired) electrons. The summed E-state index contributed by atoms with van der Waals surface area (Å²) in [5.74, 6) is 0.165. The molecule has 0 saturated carbocycles. The van der Waals surface area contributed by atoms with Gasteiger partial charge in [-0.2, -0.15) is 0 Å². The molecule has 0 aliphatic heterocycles. The molecule has 0 heterocycles. The van der Waals surface area contributed by atoms with E-state index in [1.165, 1.54) is 19.1 Å². The SMILES string of the molecule is C/C(=C\c1ccc(O)cc1C)[N+](=O)[O-]. The fraction of sp³-hybridized carbons (Fsp3) is 0.200. The highest BCUT2D eigenvalue weighted by atomic mass is 16.6. The maximum absolute atomic E-state index is 10.4. The van der Waals surface area contributed by atoms with Gasteiger partial charge < -0.3 is 5.11 Å². The molecular weight excluding hydrogens is 182 g/mol. The van der Waals surface area contributed by atoms with E-state index in [9.17, 15) is 10.1 Å². The summed E-state index contributed by atoms with van der Waals surface area (Å²) < 4.78 is 0. The number of hydrogen-bond donors (Lipinski definition) is 1. The first-order chi connectivity index (χ1) is 6.50. The van der Waals surface area contributed by atoms with Crippen molar-refractivity contribution in [3.05, 3.63) is 45.1 Å². The van der Waals surface area contributed by atoms with E-state index in [1.54, 1.807) is 19.1 Å². The zero-order valence-corrected chi connectivity index (χ0v) is 8.02. The summed E-state index contributed by atoms with van der Waals surface area (Å²) in [6.45, 7) is 3.23. The number of allylic oxidation sites excluding steroid dienone is 1. The van der Waals surface area contributed by atoms with Gasteiger partial charge in [0.15, 0.2) is 0 Å². The van der Waals surface area contributed by atoms with Crippen LogP contribution in [0.4, 0.5) is 0 Å². The van der Waals surface area contributed by atoms with Crippen LogP contribution in [0, 0.1) is 17.0 Å². The lowest BCUT2D eigenvalue weighted by molar-refractivity contribution is -0.422. The first-order valence-corrected chi connectivity index (χ1v) is 4.13. The van der Waals surface area contributed by atoms with Crippen LogP contribution in [0.2, 0.25) is 0 Å². The minimum absolute atomic E-state index is 0.0822. The van der Waals surface area contributed by atoms with Crippen LogP contribution in [-0.4, -0.2) is 10.0 Å². The molecule has 1 N–H and O–H groups in total. The first kappa shape index (κ1) is 10.2. The molecule has 1 aromatic carbocycles. The lowest BCUT2D eigenvalue weighted by Crippen LogP contribution is -1.93. The number of rotatable bonds is 2. The van der Waals surface area contributed by atoms with Crippen LogP contribution in [0.15, 0.2) is 23.9 Å². The van der Waals surface area contributed by atoms with E-state index in [2.05, 4.69) is 0 Å². The van der Waals surface area contributed by atoms with Crippen molar-refractivity contribution in [2.45, 2.75) is 13.8 Å². The Morgan fingerprint density at radius 1 is 1.57 bits per heavy atom. The zero-order valence-electron chi connectivity index (χ0n) is 8.02. The molecule has 74 valence electrons. The molecule has 0 saturated heterocycles. The van der Waals surface area contributed by atoms with E-state index in [4.69, 9.17) is 5.11 Å². The van der Waals surface area contributed by atoms with Gasteiger partial charge in [0, 0.05) is 13.0 Å². The number of hydrogen-bond acceptors (Lipinski definition) is 3. The first-order valence-electron chi connectivity index (χ1n) is 4.13. The maximum Gasteiger partial charge on any atom is 0.243 e. The van der Waals surface area contributed by atoms with Gasteiger partial charge in [-0.05, 0) is 30.2 Å². The second-order valence-electron chi connectivity index (χ2n) is 3.08. The Morgan fingerprint density at radius 3 is 2.71 bits per heavy atom. The third-order valence-corrected chi connectivity index (χ3v) is 1.91. The number of benzene rings is 1. The number of aromatic hydroxyl groups is 1. The normalized spacial score (nSPS) is 11.4. The van der Waals surface area contributed by atoms with Crippen LogP contribution >= 0.6 is 0 Å². The Hall–Kier alpha value is -1.84. The summed E-state index contributed by atoms with van der Waals surface area (Å²) in [6.07, 6.45) is 1.48. The van der Waals surface area contributed by atoms with Gasteiger partial charge >= 0.3 is 0 Å². The van der Waals surface area contributed by atoms with Crippen LogP contribution in [0.5, 0.6) is 5.75 Å². The van der Waals surface area contributed by atoms with Gasteiger partial charge in [-0.15, -0.1) is 0 Å². The fourth-order valence-electron chi connectivity index (χ4n) is 1.10. The molecule has 14 heavy (non-hydrogen) atoms. The van der Waals surface area contributed by atoms with E-state index in [-0.39, 0.29) is 11.4 Å². The molecule has 0 spiro atoms. The Bertz CT molecular complexity index is 396. The predicted octanol–water partition coefficient (Wildman–Crippen LogP) is 2.34. The molecular formula is C10H11NO3. The number of phenolic OH excluding ortho intramolecular Hbond substituents is 1. The van der Waals surface area contributed by atoms with E-state index < -0.39 is 4.92 Å². The predicted molar refractivity (Wildman–Crippen MR) is 53.5 cm³/mol. The number of aryl methyl sites for hydroxylation is 1. The Morgan fingerprint density at radius 2 is 2.21 bits per heavy atom. The van der Waals surface area contributed by atoms with Crippen molar-refractivity contribution >= 4 is 6.08 Å². The average molecular weight is 193 g/mol. The second-order valence-corrected chi connectivity index (χ2v) is 3.08. The Labute approximate surface area is 81.6 Å². The van der Waals surface area contributed by atoms with Crippen LogP contribution < -0.4 is 0 Å². The van der Waals surface area contributed by atoms with Crippen molar-refractivity contribution in [2.24, 2.45) is 0 Å². The summed E-state index contributed by atoms with van der Waals surface area (Å²) >= 11 is 0. The van der Waals surface area contributed by atoms with Crippen LogP contribution in [0.3, 0.4) is 0 Å². The molecule has 0 fully saturated rings. The summed E-state index contributed by atoms with van der Waals surface area (Å²) in [5, 5.41) is 19.5. The van der Waals surface area contributed by atoms with Gasteiger partial charge in [0.1, 0.15) is 5.75 Å². The summed E-state index contributed by atoms with van der Waals surface area (Å²) in [4.78, 5) is 9.93. The third-order valence-electron chi connectivity index (χ3n) is 1.91. The molecule has 0 aliphatic rings. The summed E-state index contributed by atoms with van der Waals surface area (Å²) in [7, 11) is 0. The van der Waals surface area contributed by atoms with Gasteiger partial charge in [-0.3, -0.25) is 10.1 Å². The van der Waals surface area contributed by atoms with Crippen molar-refractivity contribution in [3.8, 4) is 5.75 Å². The van der Waals surface area contributed by atoms with Crippen molar-refractivity contribution < 1.29 is 10.0 Å². The lowest BCUT2D eigenvalue weighted by atomic mass is 10.1.